The molecule has 0 spiro atoms. The molecule has 0 aliphatic heterocycles. The van der Waals surface area contributed by atoms with Crippen molar-refractivity contribution in [2.75, 3.05) is 0 Å². The summed E-state index contributed by atoms with van der Waals surface area (Å²) in [5.41, 5.74) is -0.588. The quantitative estimate of drug-likeness (QED) is 0.417. The smallest absolute Gasteiger partial charge is 0.397 e. The molecule has 11 atom stereocenters. The van der Waals surface area contributed by atoms with Gasteiger partial charge in [0.05, 0.1) is 18.3 Å². The van der Waals surface area contributed by atoms with E-state index in [2.05, 4.69) is 20.8 Å². The molecule has 33 heavy (non-hydrogen) atoms. The predicted octanol–water partition coefficient (Wildman–Crippen LogP) is 3.28. The average Bonchev–Trinajstić information content (AvgIpc) is 3.05. The van der Waals surface area contributed by atoms with Crippen LogP contribution in [0.3, 0.4) is 0 Å². The van der Waals surface area contributed by atoms with Crippen LogP contribution in [-0.2, 0) is 19.4 Å². The minimum Gasteiger partial charge on any atom is -0.481 e. The summed E-state index contributed by atoms with van der Waals surface area (Å²) in [6.45, 7) is 6.38. The molecule has 0 amide bonds. The highest BCUT2D eigenvalue weighted by molar-refractivity contribution is 7.80. The van der Waals surface area contributed by atoms with Gasteiger partial charge in [0.1, 0.15) is 0 Å². The van der Waals surface area contributed by atoms with Gasteiger partial charge in [-0.25, -0.2) is 4.18 Å². The first-order valence-electron chi connectivity index (χ1n) is 12.5. The molecule has 4 aliphatic carbocycles. The third-order valence-corrected chi connectivity index (χ3v) is 11.0. The highest BCUT2D eigenvalue weighted by atomic mass is 32.3. The maximum atomic E-state index is 11.8. The van der Waals surface area contributed by atoms with Crippen LogP contribution in [0.4, 0.5) is 0 Å². The van der Waals surface area contributed by atoms with Crippen LogP contribution in [0.25, 0.3) is 0 Å². The summed E-state index contributed by atoms with van der Waals surface area (Å²) in [5.74, 6) is -0.538. The molecule has 0 radical (unpaired) electrons. The van der Waals surface area contributed by atoms with E-state index in [0.29, 0.717) is 32.1 Å². The Morgan fingerprint density at radius 2 is 1.79 bits per heavy atom. The summed E-state index contributed by atoms with van der Waals surface area (Å²) in [7, 11) is -4.65. The monoisotopic (exact) mass is 488 g/mol. The van der Waals surface area contributed by atoms with Crippen molar-refractivity contribution in [3.63, 3.8) is 0 Å². The molecule has 8 nitrogen and oxygen atoms in total. The van der Waals surface area contributed by atoms with Crippen LogP contribution in [0.1, 0.15) is 78.6 Å². The van der Waals surface area contributed by atoms with E-state index in [1.807, 2.05) is 0 Å². The molecule has 4 aliphatic rings. The minimum absolute atomic E-state index is 0.0277. The van der Waals surface area contributed by atoms with Crippen molar-refractivity contribution >= 4 is 16.4 Å². The van der Waals surface area contributed by atoms with Crippen LogP contribution in [-0.4, -0.2) is 52.6 Å². The Morgan fingerprint density at radius 3 is 2.42 bits per heavy atom. The Morgan fingerprint density at radius 1 is 1.09 bits per heavy atom. The first-order chi connectivity index (χ1) is 15.3. The number of aliphatic hydroxyl groups is 2. The summed E-state index contributed by atoms with van der Waals surface area (Å²) in [6.07, 6.45) is 3.77. The number of aliphatic carboxylic acids is 1. The maximum Gasteiger partial charge on any atom is 0.397 e. The van der Waals surface area contributed by atoms with Gasteiger partial charge in [-0.15, -0.1) is 0 Å². The highest BCUT2D eigenvalue weighted by Gasteiger charge is 2.66. The third kappa shape index (κ3) is 4.37. The van der Waals surface area contributed by atoms with Gasteiger partial charge in [0.15, 0.2) is 0 Å². The number of carboxylic acids is 1. The molecule has 9 heteroatoms. The number of carboxylic acid groups (broad SMARTS) is 1. The average molecular weight is 489 g/mol. The van der Waals surface area contributed by atoms with Crippen LogP contribution < -0.4 is 0 Å². The first kappa shape index (κ1) is 25.4. The van der Waals surface area contributed by atoms with Gasteiger partial charge in [-0.1, -0.05) is 20.8 Å². The highest BCUT2D eigenvalue weighted by Crippen LogP contribution is 2.68. The molecule has 4 rings (SSSR count). The second-order valence-corrected chi connectivity index (χ2v) is 13.0. The zero-order chi connectivity index (χ0) is 24.3. The van der Waals surface area contributed by atoms with Crippen molar-refractivity contribution < 1.29 is 37.3 Å². The van der Waals surface area contributed by atoms with Gasteiger partial charge in [-0.2, -0.15) is 8.42 Å². The predicted molar refractivity (Wildman–Crippen MR) is 120 cm³/mol. The van der Waals surface area contributed by atoms with E-state index in [1.165, 1.54) is 0 Å². The Balaban J connectivity index is 1.69. The van der Waals surface area contributed by atoms with Crippen molar-refractivity contribution in [3.8, 4) is 0 Å². The fraction of sp³-hybridized carbons (Fsp3) is 0.958. The maximum absolute atomic E-state index is 11.8. The van der Waals surface area contributed by atoms with Crippen molar-refractivity contribution in [1.29, 1.82) is 0 Å². The Bertz CT molecular complexity index is 861. The molecule has 11 unspecified atom stereocenters. The first-order valence-corrected chi connectivity index (χ1v) is 13.9. The zero-order valence-corrected chi connectivity index (χ0v) is 20.7. The van der Waals surface area contributed by atoms with Crippen LogP contribution in [0.15, 0.2) is 0 Å². The summed E-state index contributed by atoms with van der Waals surface area (Å²) in [4.78, 5) is 11.1. The minimum atomic E-state index is -4.65. The fourth-order valence-electron chi connectivity index (χ4n) is 8.91. The fourth-order valence-corrected chi connectivity index (χ4v) is 9.43. The number of carbonyl (C=O) groups is 1. The van der Waals surface area contributed by atoms with Crippen molar-refractivity contribution in [2.45, 2.75) is 96.9 Å². The SMILES string of the molecule is CC(CCC(=O)O)C1CCC2C3C(OS(=O)(=O)O)CC4CC(O)CCC4(C)C3CC(O)C12C. The van der Waals surface area contributed by atoms with Crippen LogP contribution in [0.2, 0.25) is 0 Å². The number of hydrogen-bond donors (Lipinski definition) is 4. The van der Waals surface area contributed by atoms with Gasteiger partial charge in [0, 0.05) is 6.42 Å². The molecule has 0 saturated heterocycles. The summed E-state index contributed by atoms with van der Waals surface area (Å²) in [6, 6.07) is 0. The molecule has 0 aromatic carbocycles. The summed E-state index contributed by atoms with van der Waals surface area (Å²) < 4.78 is 38.5. The molecule has 4 saturated carbocycles. The Hall–Kier alpha value is -0.740. The summed E-state index contributed by atoms with van der Waals surface area (Å²) >= 11 is 0. The van der Waals surface area contributed by atoms with Gasteiger partial charge in [-0.3, -0.25) is 9.35 Å². The van der Waals surface area contributed by atoms with Crippen LogP contribution in [0, 0.1) is 46.3 Å². The second kappa shape index (κ2) is 8.73. The lowest BCUT2D eigenvalue weighted by Crippen LogP contribution is -2.63. The third-order valence-electron chi connectivity index (χ3n) is 10.6. The number of aliphatic hydroxyl groups excluding tert-OH is 2. The number of fused-ring (bicyclic) bond motifs is 5. The largest absolute Gasteiger partial charge is 0.481 e. The van der Waals surface area contributed by atoms with E-state index in [9.17, 15) is 28.0 Å². The molecule has 4 fully saturated rings. The van der Waals surface area contributed by atoms with Gasteiger partial charge >= 0.3 is 16.4 Å². The van der Waals surface area contributed by atoms with Crippen LogP contribution >= 0.6 is 0 Å². The van der Waals surface area contributed by atoms with Gasteiger partial charge in [0.25, 0.3) is 0 Å². The topological polar surface area (TPSA) is 141 Å². The van der Waals surface area contributed by atoms with Gasteiger partial charge in [0.2, 0.25) is 0 Å². The molecule has 0 aromatic rings. The van der Waals surface area contributed by atoms with E-state index < -0.39 is 40.1 Å². The summed E-state index contributed by atoms with van der Waals surface area (Å²) in [5, 5.41) is 31.0. The Kier molecular flexibility index (Phi) is 6.71. The van der Waals surface area contributed by atoms with E-state index in [1.54, 1.807) is 0 Å². The zero-order valence-electron chi connectivity index (χ0n) is 19.9. The lowest BCUT2D eigenvalue weighted by molar-refractivity contribution is -0.202. The molecular weight excluding hydrogens is 448 g/mol. The lowest BCUT2D eigenvalue weighted by Gasteiger charge is -2.63. The molecule has 0 aromatic heterocycles. The van der Waals surface area contributed by atoms with Crippen molar-refractivity contribution in [1.82, 2.24) is 0 Å². The lowest BCUT2D eigenvalue weighted by atomic mass is 9.43. The molecule has 190 valence electrons. The van der Waals surface area contributed by atoms with Crippen molar-refractivity contribution in [3.05, 3.63) is 0 Å². The van der Waals surface area contributed by atoms with Gasteiger partial charge < -0.3 is 15.3 Å². The Labute approximate surface area is 197 Å². The van der Waals surface area contributed by atoms with E-state index >= 15 is 0 Å². The number of rotatable bonds is 6. The standard InChI is InChI=1S/C24H40O8S/c1-13(4-7-21(27)28)16-5-6-17-22-18(12-20(26)24(16,17)3)23(2)9-8-15(25)10-14(23)11-19(22)32-33(29,30)31/h13-20,22,25-26H,4-12H2,1-3H3,(H,27,28)(H,29,30,31). The van der Waals surface area contributed by atoms with Crippen molar-refractivity contribution in [2.24, 2.45) is 46.3 Å². The molecule has 0 bridgehead atoms. The molecule has 0 heterocycles. The normalized spacial score (nSPS) is 48.4. The van der Waals surface area contributed by atoms with Gasteiger partial charge in [-0.05, 0) is 97.7 Å². The van der Waals surface area contributed by atoms with E-state index in [0.717, 1.165) is 19.3 Å². The molecule has 4 N–H and O–H groups in total. The van der Waals surface area contributed by atoms with E-state index in [-0.39, 0.29) is 47.3 Å². The number of hydrogen-bond acceptors (Lipinski definition) is 6. The second-order valence-electron chi connectivity index (χ2n) is 11.9. The van der Waals surface area contributed by atoms with Crippen LogP contribution in [0.5, 0.6) is 0 Å². The van der Waals surface area contributed by atoms with E-state index in [4.69, 9.17) is 9.29 Å². The molecular formula is C24H40O8S.